The Bertz CT molecular complexity index is 471. The van der Waals surface area contributed by atoms with Gasteiger partial charge in [-0.2, -0.15) is 4.37 Å². The fourth-order valence-corrected chi connectivity index (χ4v) is 2.40. The van der Waals surface area contributed by atoms with Crippen LogP contribution in [0.4, 0.5) is 0 Å². The number of aromatic nitrogens is 1. The molecule has 0 aliphatic heterocycles. The minimum atomic E-state index is 0.108. The number of nitrogens with two attached hydrogens (primary N) is 1. The van der Waals surface area contributed by atoms with Crippen molar-refractivity contribution in [1.29, 1.82) is 0 Å². The maximum Gasteiger partial charge on any atom is 0.0550 e. The van der Waals surface area contributed by atoms with Crippen LogP contribution in [0.15, 0.2) is 24.4 Å². The Hall–Kier alpha value is -0.930. The highest BCUT2D eigenvalue weighted by molar-refractivity contribution is 7.13. The first-order chi connectivity index (χ1) is 6.75. The first-order valence-electron chi connectivity index (χ1n) is 4.87. The van der Waals surface area contributed by atoms with Gasteiger partial charge in [0.2, 0.25) is 0 Å². The summed E-state index contributed by atoms with van der Waals surface area (Å²) in [6, 6.07) is 6.54. The third-order valence-corrected chi connectivity index (χ3v) is 3.64. The Morgan fingerprint density at radius 3 is 3.07 bits per heavy atom. The van der Waals surface area contributed by atoms with Crippen molar-refractivity contribution in [3.8, 4) is 0 Å². The van der Waals surface area contributed by atoms with Crippen molar-refractivity contribution in [2.75, 3.05) is 0 Å². The van der Waals surface area contributed by atoms with Gasteiger partial charge in [0.25, 0.3) is 0 Å². The highest BCUT2D eigenvalue weighted by Gasteiger charge is 2.37. The highest BCUT2D eigenvalue weighted by atomic mass is 32.1. The maximum absolute atomic E-state index is 6.08. The average Bonchev–Trinajstić information content (AvgIpc) is 2.73. The Labute approximate surface area is 86.9 Å². The zero-order valence-electron chi connectivity index (χ0n) is 7.86. The first-order valence-corrected chi connectivity index (χ1v) is 5.65. The topological polar surface area (TPSA) is 38.9 Å². The molecular formula is C11H12N2S. The SMILES string of the molecule is NC1(Cc2ccc3sncc3c2)CC1. The van der Waals surface area contributed by atoms with Gasteiger partial charge in [-0.1, -0.05) is 6.07 Å². The fraction of sp³-hybridized carbons (Fsp3) is 0.364. The summed E-state index contributed by atoms with van der Waals surface area (Å²) in [5.41, 5.74) is 7.54. The molecule has 0 bridgehead atoms. The quantitative estimate of drug-likeness (QED) is 0.815. The molecule has 3 heteroatoms. The molecule has 72 valence electrons. The van der Waals surface area contributed by atoms with Crippen molar-refractivity contribution in [3.63, 3.8) is 0 Å². The first kappa shape index (κ1) is 8.38. The third kappa shape index (κ3) is 1.42. The molecular weight excluding hydrogens is 192 g/mol. The monoisotopic (exact) mass is 204 g/mol. The largest absolute Gasteiger partial charge is 0.325 e. The molecule has 1 aliphatic carbocycles. The molecule has 0 unspecified atom stereocenters. The van der Waals surface area contributed by atoms with E-state index in [0.717, 1.165) is 6.42 Å². The van der Waals surface area contributed by atoms with Crippen LogP contribution in [-0.2, 0) is 6.42 Å². The predicted molar refractivity (Wildman–Crippen MR) is 59.5 cm³/mol. The van der Waals surface area contributed by atoms with Gasteiger partial charge in [0.15, 0.2) is 0 Å². The summed E-state index contributed by atoms with van der Waals surface area (Å²) < 4.78 is 5.42. The Morgan fingerprint density at radius 2 is 2.29 bits per heavy atom. The van der Waals surface area contributed by atoms with Crippen LogP contribution >= 0.6 is 11.5 Å². The van der Waals surface area contributed by atoms with E-state index in [1.54, 1.807) is 11.5 Å². The van der Waals surface area contributed by atoms with Gasteiger partial charge in [-0.15, -0.1) is 0 Å². The van der Waals surface area contributed by atoms with Crippen molar-refractivity contribution in [3.05, 3.63) is 30.0 Å². The van der Waals surface area contributed by atoms with Crippen LogP contribution in [0.1, 0.15) is 18.4 Å². The van der Waals surface area contributed by atoms with Gasteiger partial charge in [-0.3, -0.25) is 0 Å². The van der Waals surface area contributed by atoms with E-state index in [2.05, 4.69) is 22.6 Å². The second-order valence-corrected chi connectivity index (χ2v) is 5.07. The second kappa shape index (κ2) is 2.78. The van der Waals surface area contributed by atoms with Gasteiger partial charge >= 0.3 is 0 Å². The molecule has 0 radical (unpaired) electrons. The number of rotatable bonds is 2. The number of fused-ring (bicyclic) bond motifs is 1. The summed E-state index contributed by atoms with van der Waals surface area (Å²) in [4.78, 5) is 0. The van der Waals surface area contributed by atoms with Crippen LogP contribution in [0, 0.1) is 0 Å². The molecule has 1 aromatic heterocycles. The number of benzene rings is 1. The number of nitrogens with zero attached hydrogens (tertiary/aromatic N) is 1. The molecule has 0 amide bonds. The van der Waals surface area contributed by atoms with Crippen LogP contribution in [0.5, 0.6) is 0 Å². The Kier molecular flexibility index (Phi) is 1.66. The van der Waals surface area contributed by atoms with Gasteiger partial charge in [0.1, 0.15) is 0 Å². The molecule has 2 N–H and O–H groups in total. The smallest absolute Gasteiger partial charge is 0.0550 e. The lowest BCUT2D eigenvalue weighted by molar-refractivity contribution is 0.673. The zero-order chi connectivity index (χ0) is 9.60. The third-order valence-electron chi connectivity index (χ3n) is 2.87. The molecule has 0 saturated heterocycles. The summed E-state index contributed by atoms with van der Waals surface area (Å²) in [5.74, 6) is 0. The summed E-state index contributed by atoms with van der Waals surface area (Å²) >= 11 is 1.55. The molecule has 0 atom stereocenters. The average molecular weight is 204 g/mol. The van der Waals surface area contributed by atoms with Crippen LogP contribution < -0.4 is 5.73 Å². The van der Waals surface area contributed by atoms with Crippen molar-refractivity contribution < 1.29 is 0 Å². The molecule has 1 fully saturated rings. The minimum Gasteiger partial charge on any atom is -0.325 e. The molecule has 0 spiro atoms. The number of hydrogen-bond acceptors (Lipinski definition) is 3. The molecule has 1 aromatic carbocycles. The normalized spacial score (nSPS) is 18.6. The standard InChI is InChI=1S/C11H12N2S/c12-11(3-4-11)6-8-1-2-10-9(5-8)7-13-14-10/h1-2,5,7H,3-4,6,12H2. The molecule has 2 aromatic rings. The lowest BCUT2D eigenvalue weighted by Gasteiger charge is -2.07. The van der Waals surface area contributed by atoms with Crippen molar-refractivity contribution in [2.45, 2.75) is 24.8 Å². The highest BCUT2D eigenvalue weighted by Crippen LogP contribution is 2.36. The van der Waals surface area contributed by atoms with E-state index < -0.39 is 0 Å². The predicted octanol–water partition coefficient (Wildman–Crippen LogP) is 2.33. The molecule has 14 heavy (non-hydrogen) atoms. The van der Waals surface area contributed by atoms with Gasteiger partial charge in [-0.25, -0.2) is 0 Å². The van der Waals surface area contributed by atoms with Crippen LogP contribution in [0.2, 0.25) is 0 Å². The van der Waals surface area contributed by atoms with E-state index in [-0.39, 0.29) is 5.54 Å². The lowest BCUT2D eigenvalue weighted by Crippen LogP contribution is -2.24. The molecule has 3 rings (SSSR count). The molecule has 1 heterocycles. The summed E-state index contributed by atoms with van der Waals surface area (Å²) in [7, 11) is 0. The van der Waals surface area contributed by atoms with Crippen LogP contribution in [0.25, 0.3) is 10.1 Å². The van der Waals surface area contributed by atoms with Crippen LogP contribution in [0.3, 0.4) is 0 Å². The van der Waals surface area contributed by atoms with E-state index in [1.807, 2.05) is 6.20 Å². The Morgan fingerprint density at radius 1 is 1.43 bits per heavy atom. The lowest BCUT2D eigenvalue weighted by atomic mass is 10.0. The molecule has 2 nitrogen and oxygen atoms in total. The minimum absolute atomic E-state index is 0.108. The van der Waals surface area contributed by atoms with E-state index in [0.29, 0.717) is 0 Å². The van der Waals surface area contributed by atoms with Gasteiger partial charge in [0.05, 0.1) is 4.70 Å². The second-order valence-electron chi connectivity index (χ2n) is 4.24. The van der Waals surface area contributed by atoms with Gasteiger partial charge in [0, 0.05) is 17.1 Å². The molecule has 1 aliphatic rings. The van der Waals surface area contributed by atoms with E-state index >= 15 is 0 Å². The van der Waals surface area contributed by atoms with E-state index in [9.17, 15) is 0 Å². The summed E-state index contributed by atoms with van der Waals surface area (Å²) in [6.07, 6.45) is 5.29. The van der Waals surface area contributed by atoms with Crippen molar-refractivity contribution in [2.24, 2.45) is 5.73 Å². The Balaban J connectivity index is 1.97. The van der Waals surface area contributed by atoms with Gasteiger partial charge in [-0.05, 0) is 48.5 Å². The van der Waals surface area contributed by atoms with E-state index in [1.165, 1.54) is 28.5 Å². The fourth-order valence-electron chi connectivity index (χ4n) is 1.78. The van der Waals surface area contributed by atoms with Crippen molar-refractivity contribution >= 4 is 21.6 Å². The van der Waals surface area contributed by atoms with Crippen molar-refractivity contribution in [1.82, 2.24) is 4.37 Å². The van der Waals surface area contributed by atoms with Gasteiger partial charge < -0.3 is 5.73 Å². The summed E-state index contributed by atoms with van der Waals surface area (Å²) in [6.45, 7) is 0. The maximum atomic E-state index is 6.08. The van der Waals surface area contributed by atoms with E-state index in [4.69, 9.17) is 5.73 Å². The summed E-state index contributed by atoms with van der Waals surface area (Å²) in [5, 5.41) is 1.25. The molecule has 1 saturated carbocycles. The number of hydrogen-bond donors (Lipinski definition) is 1. The van der Waals surface area contributed by atoms with Crippen LogP contribution in [-0.4, -0.2) is 9.91 Å². The zero-order valence-corrected chi connectivity index (χ0v) is 8.68.